The lowest BCUT2D eigenvalue weighted by atomic mass is 9.96. The van der Waals surface area contributed by atoms with Crippen molar-refractivity contribution in [1.82, 2.24) is 5.43 Å². The van der Waals surface area contributed by atoms with Gasteiger partial charge in [-0.15, -0.1) is 0 Å². The third kappa shape index (κ3) is 2.64. The van der Waals surface area contributed by atoms with Crippen LogP contribution in [0.4, 0.5) is 0 Å². The zero-order valence-corrected chi connectivity index (χ0v) is 13.1. The summed E-state index contributed by atoms with van der Waals surface area (Å²) in [5.74, 6) is 1.15. The molecule has 0 saturated heterocycles. The summed E-state index contributed by atoms with van der Waals surface area (Å²) in [5, 5.41) is 14.7. The smallest absolute Gasteiger partial charge is 0.127 e. The molecule has 4 nitrogen and oxygen atoms in total. The molecule has 0 radical (unpaired) electrons. The van der Waals surface area contributed by atoms with Crippen LogP contribution in [0.15, 0.2) is 41.5 Å². The second kappa shape index (κ2) is 5.72. The predicted octanol–water partition coefficient (Wildman–Crippen LogP) is 3.46. The van der Waals surface area contributed by atoms with E-state index in [1.165, 1.54) is 0 Å². The number of hydrogen-bond acceptors (Lipinski definition) is 4. The van der Waals surface area contributed by atoms with Crippen LogP contribution >= 0.6 is 0 Å². The van der Waals surface area contributed by atoms with Crippen LogP contribution in [-0.2, 0) is 0 Å². The van der Waals surface area contributed by atoms with Gasteiger partial charge in [-0.05, 0) is 48.7 Å². The molecule has 1 aliphatic rings. The van der Waals surface area contributed by atoms with Crippen LogP contribution in [0, 0.1) is 13.8 Å². The number of nitrogens with one attached hydrogen (secondary N) is 1. The topological polar surface area (TPSA) is 53.9 Å². The summed E-state index contributed by atoms with van der Waals surface area (Å²) >= 11 is 0. The van der Waals surface area contributed by atoms with Crippen molar-refractivity contribution in [3.05, 3.63) is 58.7 Å². The number of ether oxygens (including phenoxy) is 1. The second-order valence-corrected chi connectivity index (χ2v) is 5.70. The Balaban J connectivity index is 1.85. The summed E-state index contributed by atoms with van der Waals surface area (Å²) in [6, 6.07) is 12.0. The number of aryl methyl sites for hydroxylation is 2. The van der Waals surface area contributed by atoms with E-state index in [4.69, 9.17) is 4.74 Å². The molecule has 1 heterocycles. The summed E-state index contributed by atoms with van der Waals surface area (Å²) in [6.45, 7) is 3.94. The monoisotopic (exact) mass is 296 g/mol. The van der Waals surface area contributed by atoms with Crippen molar-refractivity contribution in [2.75, 3.05) is 7.11 Å². The van der Waals surface area contributed by atoms with E-state index in [2.05, 4.69) is 16.6 Å². The van der Waals surface area contributed by atoms with Crippen LogP contribution in [0.3, 0.4) is 0 Å². The largest absolute Gasteiger partial charge is 0.507 e. The Kier molecular flexibility index (Phi) is 3.75. The number of aromatic hydroxyl groups is 1. The van der Waals surface area contributed by atoms with Gasteiger partial charge >= 0.3 is 0 Å². The zero-order chi connectivity index (χ0) is 15.7. The molecule has 0 amide bonds. The molecule has 0 unspecified atom stereocenters. The van der Waals surface area contributed by atoms with Crippen LogP contribution in [-0.4, -0.2) is 17.9 Å². The predicted molar refractivity (Wildman–Crippen MR) is 87.6 cm³/mol. The van der Waals surface area contributed by atoms with Gasteiger partial charge in [-0.3, -0.25) is 0 Å². The van der Waals surface area contributed by atoms with Crippen LogP contribution in [0.5, 0.6) is 11.5 Å². The van der Waals surface area contributed by atoms with Crippen LogP contribution in [0.1, 0.15) is 34.7 Å². The van der Waals surface area contributed by atoms with Gasteiger partial charge in [0.05, 0.1) is 18.9 Å². The molecule has 2 aromatic carbocycles. The number of nitrogens with zero attached hydrogens (tertiary/aromatic N) is 1. The molecule has 0 saturated carbocycles. The van der Waals surface area contributed by atoms with Crippen LogP contribution in [0.25, 0.3) is 0 Å². The lowest BCUT2D eigenvalue weighted by Crippen LogP contribution is -2.10. The Labute approximate surface area is 130 Å². The van der Waals surface area contributed by atoms with E-state index >= 15 is 0 Å². The highest BCUT2D eigenvalue weighted by Gasteiger charge is 2.24. The van der Waals surface area contributed by atoms with Gasteiger partial charge in [-0.25, -0.2) is 0 Å². The molecule has 0 bridgehead atoms. The summed E-state index contributed by atoms with van der Waals surface area (Å²) < 4.78 is 5.27. The summed E-state index contributed by atoms with van der Waals surface area (Å²) in [4.78, 5) is 0. The van der Waals surface area contributed by atoms with Gasteiger partial charge < -0.3 is 15.3 Å². The van der Waals surface area contributed by atoms with E-state index in [-0.39, 0.29) is 6.04 Å². The average Bonchev–Trinajstić information content (AvgIpc) is 3.00. The summed E-state index contributed by atoms with van der Waals surface area (Å²) in [7, 11) is 1.66. The van der Waals surface area contributed by atoms with Crippen molar-refractivity contribution in [1.29, 1.82) is 0 Å². The van der Waals surface area contributed by atoms with Crippen molar-refractivity contribution in [3.63, 3.8) is 0 Å². The van der Waals surface area contributed by atoms with Crippen LogP contribution < -0.4 is 10.2 Å². The normalized spacial score (nSPS) is 17.0. The van der Waals surface area contributed by atoms with Crippen molar-refractivity contribution in [2.45, 2.75) is 26.3 Å². The highest BCUT2D eigenvalue weighted by Crippen LogP contribution is 2.31. The maximum atomic E-state index is 10.3. The van der Waals surface area contributed by atoms with Gasteiger partial charge in [0.1, 0.15) is 11.5 Å². The lowest BCUT2D eigenvalue weighted by Gasteiger charge is -2.12. The Morgan fingerprint density at radius 3 is 2.82 bits per heavy atom. The Hall–Kier alpha value is -2.49. The Morgan fingerprint density at radius 1 is 1.23 bits per heavy atom. The van der Waals surface area contributed by atoms with Crippen molar-refractivity contribution >= 4 is 5.71 Å². The first kappa shape index (κ1) is 14.4. The number of hydrazone groups is 1. The molecule has 4 heteroatoms. The van der Waals surface area contributed by atoms with Gasteiger partial charge in [-0.2, -0.15) is 5.10 Å². The van der Waals surface area contributed by atoms with E-state index in [0.717, 1.165) is 40.1 Å². The van der Waals surface area contributed by atoms with E-state index in [0.29, 0.717) is 5.75 Å². The molecule has 2 N–H and O–H groups in total. The van der Waals surface area contributed by atoms with E-state index < -0.39 is 0 Å². The molecule has 1 atom stereocenters. The quantitative estimate of drug-likeness (QED) is 0.912. The third-order valence-corrected chi connectivity index (χ3v) is 4.00. The molecule has 114 valence electrons. The molecule has 1 aliphatic heterocycles. The molecule has 0 aromatic heterocycles. The minimum Gasteiger partial charge on any atom is -0.507 e. The first-order chi connectivity index (χ1) is 10.6. The fourth-order valence-corrected chi connectivity index (χ4v) is 2.84. The maximum absolute atomic E-state index is 10.3. The summed E-state index contributed by atoms with van der Waals surface area (Å²) in [6.07, 6.45) is 0.740. The second-order valence-electron chi connectivity index (χ2n) is 5.70. The number of phenols is 1. The van der Waals surface area contributed by atoms with Crippen molar-refractivity contribution in [2.24, 2.45) is 5.10 Å². The van der Waals surface area contributed by atoms with Gasteiger partial charge in [-0.1, -0.05) is 18.2 Å². The number of rotatable bonds is 3. The molecule has 0 spiro atoms. The van der Waals surface area contributed by atoms with E-state index in [1.54, 1.807) is 7.11 Å². The molecular weight excluding hydrogens is 276 g/mol. The van der Waals surface area contributed by atoms with Crippen LogP contribution in [0.2, 0.25) is 0 Å². The first-order valence-corrected chi connectivity index (χ1v) is 7.35. The molecule has 0 fully saturated rings. The summed E-state index contributed by atoms with van der Waals surface area (Å²) in [5.41, 5.74) is 7.99. The minimum absolute atomic E-state index is 0.102. The number of benzene rings is 2. The van der Waals surface area contributed by atoms with E-state index in [9.17, 15) is 5.11 Å². The van der Waals surface area contributed by atoms with E-state index in [1.807, 2.05) is 44.2 Å². The average molecular weight is 296 g/mol. The standard InChI is InChI=1S/C18H20N2O2/c1-11-7-12(2)18(21)15(8-11)17-10-16(19-20-17)13-5-4-6-14(9-13)22-3/h4-9,16,19,21H,10H2,1-3H3/t16-/m1/s1. The van der Waals surface area contributed by atoms with Crippen molar-refractivity contribution < 1.29 is 9.84 Å². The molecule has 3 rings (SSSR count). The molecule has 2 aromatic rings. The molecule has 22 heavy (non-hydrogen) atoms. The lowest BCUT2D eigenvalue weighted by molar-refractivity contribution is 0.413. The third-order valence-electron chi connectivity index (χ3n) is 4.00. The zero-order valence-electron chi connectivity index (χ0n) is 13.1. The maximum Gasteiger partial charge on any atom is 0.127 e. The van der Waals surface area contributed by atoms with Gasteiger partial charge in [0.2, 0.25) is 0 Å². The highest BCUT2D eigenvalue weighted by molar-refractivity contribution is 6.04. The minimum atomic E-state index is 0.102. The highest BCUT2D eigenvalue weighted by atomic mass is 16.5. The van der Waals surface area contributed by atoms with Crippen molar-refractivity contribution in [3.8, 4) is 11.5 Å². The molecule has 0 aliphatic carbocycles. The number of methoxy groups -OCH3 is 1. The van der Waals surface area contributed by atoms with Gasteiger partial charge in [0.15, 0.2) is 0 Å². The Bertz CT molecular complexity index is 738. The molecular formula is C18H20N2O2. The fourth-order valence-electron chi connectivity index (χ4n) is 2.84. The van der Waals surface area contributed by atoms with Gasteiger partial charge in [0, 0.05) is 12.0 Å². The first-order valence-electron chi connectivity index (χ1n) is 7.35. The SMILES string of the molecule is COc1cccc([C@H]2CC(c3cc(C)cc(C)c3O)=NN2)c1. The van der Waals surface area contributed by atoms with Gasteiger partial charge in [0.25, 0.3) is 0 Å². The Morgan fingerprint density at radius 2 is 2.05 bits per heavy atom. The fraction of sp³-hybridized carbons (Fsp3) is 0.278. The number of phenolic OH excluding ortho intramolecular Hbond substituents is 1. The number of hydrogen-bond donors (Lipinski definition) is 2.